The lowest BCUT2D eigenvalue weighted by atomic mass is 9.97. The number of rotatable bonds is 6. The Balaban J connectivity index is 2.88. The fraction of sp³-hybridized carbons (Fsp3) is 0.769. The molecule has 1 aromatic heterocycles. The number of H-pyrrole nitrogens is 1. The van der Waals surface area contributed by atoms with Crippen LogP contribution in [0.5, 0.6) is 0 Å². The van der Waals surface area contributed by atoms with Crippen LogP contribution in [0.25, 0.3) is 0 Å². The van der Waals surface area contributed by atoms with Gasteiger partial charge in [-0.1, -0.05) is 34.6 Å². The molecule has 0 atom stereocenters. The van der Waals surface area contributed by atoms with E-state index in [9.17, 15) is 0 Å². The van der Waals surface area contributed by atoms with Crippen molar-refractivity contribution in [1.29, 1.82) is 0 Å². The molecule has 0 saturated carbocycles. The van der Waals surface area contributed by atoms with E-state index in [1.807, 2.05) is 0 Å². The first-order valence-corrected chi connectivity index (χ1v) is 6.37. The second-order valence-electron chi connectivity index (χ2n) is 5.14. The van der Waals surface area contributed by atoms with Gasteiger partial charge in [0.25, 0.3) is 0 Å². The molecule has 0 bridgehead atoms. The van der Waals surface area contributed by atoms with Gasteiger partial charge in [-0.15, -0.1) is 0 Å². The zero-order valence-electron chi connectivity index (χ0n) is 11.2. The topological polar surface area (TPSA) is 40.7 Å². The summed E-state index contributed by atoms with van der Waals surface area (Å²) < 4.78 is 0. The van der Waals surface area contributed by atoms with Crippen molar-refractivity contribution in [2.75, 3.05) is 11.9 Å². The van der Waals surface area contributed by atoms with Crippen molar-refractivity contribution in [3.05, 3.63) is 11.3 Å². The maximum atomic E-state index is 4.39. The number of nitrogens with one attached hydrogen (secondary N) is 2. The van der Waals surface area contributed by atoms with Crippen LogP contribution in [0.3, 0.4) is 0 Å². The minimum atomic E-state index is 0.520. The molecule has 0 aliphatic rings. The normalized spacial score (nSPS) is 11.4. The fourth-order valence-corrected chi connectivity index (χ4v) is 1.95. The van der Waals surface area contributed by atoms with Crippen LogP contribution in [0, 0.1) is 5.92 Å². The molecule has 0 aliphatic heterocycles. The third-order valence-corrected chi connectivity index (χ3v) is 2.62. The first-order valence-electron chi connectivity index (χ1n) is 6.37. The number of aromatic amines is 1. The van der Waals surface area contributed by atoms with Gasteiger partial charge in [0.1, 0.15) is 0 Å². The van der Waals surface area contributed by atoms with E-state index in [0.29, 0.717) is 11.8 Å². The van der Waals surface area contributed by atoms with Crippen LogP contribution in [-0.2, 0) is 6.42 Å². The van der Waals surface area contributed by atoms with Gasteiger partial charge < -0.3 is 5.32 Å². The zero-order chi connectivity index (χ0) is 12.1. The van der Waals surface area contributed by atoms with Gasteiger partial charge in [0, 0.05) is 17.8 Å². The SMILES string of the molecule is CCCNc1n[nH]c(CC(C)C)c1C(C)C. The summed E-state index contributed by atoms with van der Waals surface area (Å²) >= 11 is 0. The average molecular weight is 223 g/mol. The lowest BCUT2D eigenvalue weighted by molar-refractivity contribution is 0.626. The molecule has 0 spiro atoms. The van der Waals surface area contributed by atoms with Crippen molar-refractivity contribution in [2.45, 2.75) is 53.4 Å². The Morgan fingerprint density at radius 3 is 2.44 bits per heavy atom. The van der Waals surface area contributed by atoms with Crippen LogP contribution in [0.15, 0.2) is 0 Å². The van der Waals surface area contributed by atoms with E-state index >= 15 is 0 Å². The van der Waals surface area contributed by atoms with Gasteiger partial charge >= 0.3 is 0 Å². The van der Waals surface area contributed by atoms with E-state index in [0.717, 1.165) is 25.2 Å². The van der Waals surface area contributed by atoms with E-state index in [4.69, 9.17) is 0 Å². The molecule has 0 aromatic carbocycles. The Morgan fingerprint density at radius 2 is 1.94 bits per heavy atom. The summed E-state index contributed by atoms with van der Waals surface area (Å²) in [7, 11) is 0. The summed E-state index contributed by atoms with van der Waals surface area (Å²) in [6.07, 6.45) is 2.21. The molecular weight excluding hydrogens is 198 g/mol. The number of aromatic nitrogens is 2. The van der Waals surface area contributed by atoms with Crippen LogP contribution < -0.4 is 5.32 Å². The third kappa shape index (κ3) is 3.26. The molecule has 2 N–H and O–H groups in total. The maximum Gasteiger partial charge on any atom is 0.151 e. The summed E-state index contributed by atoms with van der Waals surface area (Å²) in [5.74, 6) is 2.23. The summed E-state index contributed by atoms with van der Waals surface area (Å²) in [5.41, 5.74) is 2.66. The zero-order valence-corrected chi connectivity index (χ0v) is 11.2. The van der Waals surface area contributed by atoms with E-state index in [1.54, 1.807) is 0 Å². The molecule has 0 radical (unpaired) electrons. The highest BCUT2D eigenvalue weighted by Gasteiger charge is 2.16. The Hall–Kier alpha value is -0.990. The molecule has 1 heterocycles. The summed E-state index contributed by atoms with van der Waals surface area (Å²) in [4.78, 5) is 0. The van der Waals surface area contributed by atoms with Crippen LogP contribution in [-0.4, -0.2) is 16.7 Å². The highest BCUT2D eigenvalue weighted by Crippen LogP contribution is 2.27. The first kappa shape index (κ1) is 13.1. The molecule has 0 saturated heterocycles. The predicted octanol–water partition coefficient (Wildman–Crippen LogP) is 3.55. The Bertz CT molecular complexity index is 313. The number of anilines is 1. The van der Waals surface area contributed by atoms with Gasteiger partial charge in [-0.25, -0.2) is 0 Å². The summed E-state index contributed by atoms with van der Waals surface area (Å²) in [6, 6.07) is 0. The van der Waals surface area contributed by atoms with Gasteiger partial charge in [-0.05, 0) is 24.7 Å². The van der Waals surface area contributed by atoms with Gasteiger partial charge in [0.2, 0.25) is 0 Å². The number of hydrogen-bond donors (Lipinski definition) is 2. The van der Waals surface area contributed by atoms with Crippen LogP contribution in [0.1, 0.15) is 58.2 Å². The number of hydrogen-bond acceptors (Lipinski definition) is 2. The molecule has 1 rings (SSSR count). The molecular formula is C13H25N3. The van der Waals surface area contributed by atoms with Crippen molar-refractivity contribution in [1.82, 2.24) is 10.2 Å². The molecule has 16 heavy (non-hydrogen) atoms. The molecule has 0 amide bonds. The van der Waals surface area contributed by atoms with Gasteiger partial charge in [-0.3, -0.25) is 5.10 Å². The fourth-order valence-electron chi connectivity index (χ4n) is 1.95. The van der Waals surface area contributed by atoms with E-state index in [-0.39, 0.29) is 0 Å². The largest absolute Gasteiger partial charge is 0.368 e. The van der Waals surface area contributed by atoms with E-state index in [1.165, 1.54) is 11.3 Å². The second-order valence-corrected chi connectivity index (χ2v) is 5.14. The highest BCUT2D eigenvalue weighted by molar-refractivity contribution is 5.48. The highest BCUT2D eigenvalue weighted by atomic mass is 15.2. The molecule has 0 aliphatic carbocycles. The van der Waals surface area contributed by atoms with Crippen molar-refractivity contribution < 1.29 is 0 Å². The number of nitrogens with zero attached hydrogens (tertiary/aromatic N) is 1. The third-order valence-electron chi connectivity index (χ3n) is 2.62. The summed E-state index contributed by atoms with van der Waals surface area (Å²) in [6.45, 7) is 12.1. The predicted molar refractivity (Wildman–Crippen MR) is 70.0 cm³/mol. The standard InChI is InChI=1S/C13H25N3/c1-6-7-14-13-12(10(4)5)11(15-16-13)8-9(2)3/h9-10H,6-8H2,1-5H3,(H2,14,15,16). The Kier molecular flexibility index (Phi) is 4.84. The quantitative estimate of drug-likeness (QED) is 0.774. The Labute approximate surface area is 99.0 Å². The smallest absolute Gasteiger partial charge is 0.151 e. The lowest BCUT2D eigenvalue weighted by Gasteiger charge is -2.11. The van der Waals surface area contributed by atoms with E-state index in [2.05, 4.69) is 50.1 Å². The molecule has 0 unspecified atom stereocenters. The van der Waals surface area contributed by atoms with Crippen molar-refractivity contribution in [3.63, 3.8) is 0 Å². The van der Waals surface area contributed by atoms with Crippen molar-refractivity contribution >= 4 is 5.82 Å². The van der Waals surface area contributed by atoms with Gasteiger partial charge in [0.15, 0.2) is 5.82 Å². The van der Waals surface area contributed by atoms with Gasteiger partial charge in [0.05, 0.1) is 0 Å². The lowest BCUT2D eigenvalue weighted by Crippen LogP contribution is -2.05. The van der Waals surface area contributed by atoms with Crippen LogP contribution in [0.2, 0.25) is 0 Å². The molecule has 3 heteroatoms. The van der Waals surface area contributed by atoms with Crippen LogP contribution in [0.4, 0.5) is 5.82 Å². The molecule has 1 aromatic rings. The minimum Gasteiger partial charge on any atom is -0.368 e. The molecule has 0 fully saturated rings. The minimum absolute atomic E-state index is 0.520. The summed E-state index contributed by atoms with van der Waals surface area (Å²) in [5, 5.41) is 11.0. The van der Waals surface area contributed by atoms with Gasteiger partial charge in [-0.2, -0.15) is 5.10 Å². The molecule has 92 valence electrons. The van der Waals surface area contributed by atoms with Crippen molar-refractivity contribution in [2.24, 2.45) is 5.92 Å². The first-order chi connectivity index (χ1) is 7.56. The van der Waals surface area contributed by atoms with Crippen molar-refractivity contribution in [3.8, 4) is 0 Å². The average Bonchev–Trinajstić information content (AvgIpc) is 2.56. The second kappa shape index (κ2) is 5.92. The Morgan fingerprint density at radius 1 is 1.25 bits per heavy atom. The van der Waals surface area contributed by atoms with E-state index < -0.39 is 0 Å². The van der Waals surface area contributed by atoms with Crippen LogP contribution >= 0.6 is 0 Å². The maximum absolute atomic E-state index is 4.39. The molecule has 3 nitrogen and oxygen atoms in total. The monoisotopic (exact) mass is 223 g/mol.